The van der Waals surface area contributed by atoms with Crippen molar-refractivity contribution in [2.24, 2.45) is 0 Å². The van der Waals surface area contributed by atoms with Gasteiger partial charge in [0.1, 0.15) is 0 Å². The molecule has 3 heteroatoms. The molecule has 0 saturated heterocycles. The van der Waals surface area contributed by atoms with Crippen LogP contribution in [0.15, 0.2) is 24.3 Å². The number of alkyl halides is 1. The Bertz CT molecular complexity index is 306. The minimum Gasteiger partial charge on any atom is -0.469 e. The predicted molar refractivity (Wildman–Crippen MR) is 61.0 cm³/mol. The Morgan fingerprint density at radius 3 is 2.40 bits per heavy atom. The van der Waals surface area contributed by atoms with Gasteiger partial charge in [0.05, 0.1) is 7.11 Å². The van der Waals surface area contributed by atoms with Crippen LogP contribution >= 0.6 is 11.6 Å². The first-order valence-electron chi connectivity index (χ1n) is 4.97. The Morgan fingerprint density at radius 1 is 1.27 bits per heavy atom. The molecule has 0 spiro atoms. The van der Waals surface area contributed by atoms with Gasteiger partial charge >= 0.3 is 5.97 Å². The third-order valence-electron chi connectivity index (χ3n) is 2.25. The maximum absolute atomic E-state index is 10.9. The van der Waals surface area contributed by atoms with Crippen molar-refractivity contribution in [3.8, 4) is 0 Å². The highest BCUT2D eigenvalue weighted by molar-refractivity contribution is 6.17. The van der Waals surface area contributed by atoms with Crippen molar-refractivity contribution < 1.29 is 9.53 Å². The first-order chi connectivity index (χ1) is 7.26. The van der Waals surface area contributed by atoms with E-state index in [1.54, 1.807) is 0 Å². The number of ether oxygens (including phenoxy) is 1. The molecule has 15 heavy (non-hydrogen) atoms. The summed E-state index contributed by atoms with van der Waals surface area (Å²) in [6.45, 7) is 0. The molecule has 0 atom stereocenters. The topological polar surface area (TPSA) is 26.3 Å². The minimum atomic E-state index is -0.146. The molecule has 1 aromatic rings. The standard InChI is InChI=1S/C12H15ClO2/c1-15-12(14)4-2-3-10-5-7-11(9-13)8-6-10/h5-8H,2-4,9H2,1H3. The van der Waals surface area contributed by atoms with E-state index in [0.717, 1.165) is 18.4 Å². The van der Waals surface area contributed by atoms with Gasteiger partial charge in [0.15, 0.2) is 0 Å². The fourth-order valence-corrected chi connectivity index (χ4v) is 1.51. The molecule has 1 aromatic carbocycles. The molecule has 0 aromatic heterocycles. The van der Waals surface area contributed by atoms with Crippen LogP contribution in [0.3, 0.4) is 0 Å². The summed E-state index contributed by atoms with van der Waals surface area (Å²) in [6, 6.07) is 8.13. The maximum atomic E-state index is 10.9. The smallest absolute Gasteiger partial charge is 0.305 e. The third kappa shape index (κ3) is 4.34. The second kappa shape index (κ2) is 6.46. The second-order valence-electron chi connectivity index (χ2n) is 3.38. The minimum absolute atomic E-state index is 0.146. The number of rotatable bonds is 5. The van der Waals surface area contributed by atoms with Crippen LogP contribution < -0.4 is 0 Å². The summed E-state index contributed by atoms with van der Waals surface area (Å²) in [5.74, 6) is 0.398. The van der Waals surface area contributed by atoms with Gasteiger partial charge in [-0.15, -0.1) is 11.6 Å². The van der Waals surface area contributed by atoms with E-state index in [9.17, 15) is 4.79 Å². The average molecular weight is 227 g/mol. The Hall–Kier alpha value is -1.02. The predicted octanol–water partition coefficient (Wildman–Crippen LogP) is 2.92. The molecule has 0 N–H and O–H groups in total. The molecule has 0 saturated carbocycles. The van der Waals surface area contributed by atoms with Crippen LogP contribution in [-0.4, -0.2) is 13.1 Å². The van der Waals surface area contributed by atoms with Crippen LogP contribution in [0.1, 0.15) is 24.0 Å². The van der Waals surface area contributed by atoms with E-state index in [2.05, 4.69) is 16.9 Å². The molecule has 0 aliphatic heterocycles. The summed E-state index contributed by atoms with van der Waals surface area (Å²) in [7, 11) is 1.41. The fourth-order valence-electron chi connectivity index (χ4n) is 1.33. The van der Waals surface area contributed by atoms with Crippen LogP contribution in [0.2, 0.25) is 0 Å². The highest BCUT2D eigenvalue weighted by atomic mass is 35.5. The zero-order valence-electron chi connectivity index (χ0n) is 8.83. The second-order valence-corrected chi connectivity index (χ2v) is 3.65. The number of halogens is 1. The Morgan fingerprint density at radius 2 is 1.87 bits per heavy atom. The van der Waals surface area contributed by atoms with E-state index in [4.69, 9.17) is 11.6 Å². The molecule has 0 aliphatic carbocycles. The number of methoxy groups -OCH3 is 1. The van der Waals surface area contributed by atoms with Crippen molar-refractivity contribution in [2.45, 2.75) is 25.1 Å². The monoisotopic (exact) mass is 226 g/mol. The number of carbonyl (C=O) groups excluding carboxylic acids is 1. The summed E-state index contributed by atoms with van der Waals surface area (Å²) >= 11 is 5.68. The zero-order valence-corrected chi connectivity index (χ0v) is 9.59. The number of carbonyl (C=O) groups is 1. The molecule has 82 valence electrons. The van der Waals surface area contributed by atoms with Crippen LogP contribution in [0, 0.1) is 0 Å². The van der Waals surface area contributed by atoms with Crippen LogP contribution in [-0.2, 0) is 21.8 Å². The highest BCUT2D eigenvalue weighted by Crippen LogP contribution is 2.09. The van der Waals surface area contributed by atoms with E-state index in [1.165, 1.54) is 12.7 Å². The van der Waals surface area contributed by atoms with Crippen molar-refractivity contribution in [3.63, 3.8) is 0 Å². The van der Waals surface area contributed by atoms with Crippen LogP contribution in [0.5, 0.6) is 0 Å². The first kappa shape index (κ1) is 12.1. The molecule has 0 fully saturated rings. The summed E-state index contributed by atoms with van der Waals surface area (Å²) in [5.41, 5.74) is 2.35. The SMILES string of the molecule is COC(=O)CCCc1ccc(CCl)cc1. The van der Waals surface area contributed by atoms with Crippen molar-refractivity contribution in [1.29, 1.82) is 0 Å². The highest BCUT2D eigenvalue weighted by Gasteiger charge is 2.00. The lowest BCUT2D eigenvalue weighted by atomic mass is 10.1. The van der Waals surface area contributed by atoms with Gasteiger partial charge in [-0.05, 0) is 24.0 Å². The van der Waals surface area contributed by atoms with Gasteiger partial charge in [-0.3, -0.25) is 4.79 Å². The Balaban J connectivity index is 2.34. The van der Waals surface area contributed by atoms with Gasteiger partial charge in [0.2, 0.25) is 0 Å². The number of esters is 1. The number of aryl methyl sites for hydroxylation is 1. The maximum Gasteiger partial charge on any atom is 0.305 e. The summed E-state index contributed by atoms with van der Waals surface area (Å²) < 4.78 is 4.57. The molecule has 0 amide bonds. The van der Waals surface area contributed by atoms with Crippen LogP contribution in [0.4, 0.5) is 0 Å². The van der Waals surface area contributed by atoms with Crippen molar-refractivity contribution >= 4 is 17.6 Å². The third-order valence-corrected chi connectivity index (χ3v) is 2.56. The van der Waals surface area contributed by atoms with Gasteiger partial charge in [-0.1, -0.05) is 24.3 Å². The number of hydrogen-bond donors (Lipinski definition) is 0. The summed E-state index contributed by atoms with van der Waals surface area (Å²) in [6.07, 6.45) is 2.21. The molecule has 1 rings (SSSR count). The largest absolute Gasteiger partial charge is 0.469 e. The van der Waals surface area contributed by atoms with Crippen LogP contribution in [0.25, 0.3) is 0 Å². The van der Waals surface area contributed by atoms with Gasteiger partial charge < -0.3 is 4.74 Å². The molecule has 0 heterocycles. The van der Waals surface area contributed by atoms with E-state index >= 15 is 0 Å². The Kier molecular flexibility index (Phi) is 5.19. The molecule has 0 bridgehead atoms. The lowest BCUT2D eigenvalue weighted by molar-refractivity contribution is -0.140. The van der Waals surface area contributed by atoms with Gasteiger partial charge in [0, 0.05) is 12.3 Å². The Labute approximate surface area is 95.2 Å². The van der Waals surface area contributed by atoms with E-state index < -0.39 is 0 Å². The zero-order chi connectivity index (χ0) is 11.1. The lowest BCUT2D eigenvalue weighted by Crippen LogP contribution is -2.00. The number of benzene rings is 1. The first-order valence-corrected chi connectivity index (χ1v) is 5.50. The quantitative estimate of drug-likeness (QED) is 0.570. The molecule has 0 unspecified atom stereocenters. The van der Waals surface area contributed by atoms with Crippen molar-refractivity contribution in [2.75, 3.05) is 7.11 Å². The van der Waals surface area contributed by atoms with Crippen molar-refractivity contribution in [3.05, 3.63) is 35.4 Å². The molecule has 0 radical (unpaired) electrons. The average Bonchev–Trinajstić information content (AvgIpc) is 2.29. The van der Waals surface area contributed by atoms with Gasteiger partial charge in [-0.2, -0.15) is 0 Å². The summed E-state index contributed by atoms with van der Waals surface area (Å²) in [4.78, 5) is 10.9. The molecular formula is C12H15ClO2. The van der Waals surface area contributed by atoms with E-state index in [-0.39, 0.29) is 5.97 Å². The van der Waals surface area contributed by atoms with E-state index in [1.807, 2.05) is 12.1 Å². The van der Waals surface area contributed by atoms with Gasteiger partial charge in [0.25, 0.3) is 0 Å². The molecular weight excluding hydrogens is 212 g/mol. The van der Waals surface area contributed by atoms with Crippen molar-refractivity contribution in [1.82, 2.24) is 0 Å². The number of hydrogen-bond acceptors (Lipinski definition) is 2. The molecule has 0 aliphatic rings. The van der Waals surface area contributed by atoms with Gasteiger partial charge in [-0.25, -0.2) is 0 Å². The normalized spacial score (nSPS) is 10.0. The molecule has 2 nitrogen and oxygen atoms in total. The fraction of sp³-hybridized carbons (Fsp3) is 0.417. The lowest BCUT2D eigenvalue weighted by Gasteiger charge is -2.02. The van der Waals surface area contributed by atoms with E-state index in [0.29, 0.717) is 12.3 Å². The summed E-state index contributed by atoms with van der Waals surface area (Å²) in [5, 5.41) is 0.